The maximum Gasteiger partial charge on any atom is -0.00963 e. The largest absolute Gasteiger partial charge is 0.0616 e. The van der Waals surface area contributed by atoms with Crippen LogP contribution in [-0.2, 0) is 12.8 Å². The Bertz CT molecular complexity index is 993. The molecular formula is C22H20. The van der Waals surface area contributed by atoms with E-state index < -0.39 is 0 Å². The van der Waals surface area contributed by atoms with Crippen molar-refractivity contribution < 1.29 is 0 Å². The topological polar surface area (TPSA) is 0 Å². The summed E-state index contributed by atoms with van der Waals surface area (Å²) in [6, 6.07) is 22.4. The van der Waals surface area contributed by atoms with Gasteiger partial charge in [-0.1, -0.05) is 68.4 Å². The van der Waals surface area contributed by atoms with E-state index in [2.05, 4.69) is 74.5 Å². The second-order valence-corrected chi connectivity index (χ2v) is 5.96. The van der Waals surface area contributed by atoms with Crippen LogP contribution in [0.3, 0.4) is 0 Å². The quantitative estimate of drug-likeness (QED) is 0.300. The molecule has 0 spiro atoms. The summed E-state index contributed by atoms with van der Waals surface area (Å²) in [5.74, 6) is 0. The molecule has 0 saturated heterocycles. The van der Waals surface area contributed by atoms with Crippen molar-refractivity contribution in [3.63, 3.8) is 0 Å². The highest BCUT2D eigenvalue weighted by molar-refractivity contribution is 6.14. The molecule has 0 bridgehead atoms. The molecule has 0 heterocycles. The molecule has 0 aliphatic rings. The highest BCUT2D eigenvalue weighted by Crippen LogP contribution is 2.35. The molecule has 22 heavy (non-hydrogen) atoms. The van der Waals surface area contributed by atoms with Crippen molar-refractivity contribution in [2.24, 2.45) is 0 Å². The molecule has 0 unspecified atom stereocenters. The van der Waals surface area contributed by atoms with Crippen molar-refractivity contribution in [1.82, 2.24) is 0 Å². The third-order valence-electron chi connectivity index (χ3n) is 4.81. The van der Waals surface area contributed by atoms with E-state index in [1.54, 1.807) is 0 Å². The molecule has 0 N–H and O–H groups in total. The molecule has 0 fully saturated rings. The van der Waals surface area contributed by atoms with Gasteiger partial charge in [-0.05, 0) is 62.4 Å². The van der Waals surface area contributed by atoms with E-state index in [-0.39, 0.29) is 0 Å². The summed E-state index contributed by atoms with van der Waals surface area (Å²) < 4.78 is 0. The van der Waals surface area contributed by atoms with E-state index in [4.69, 9.17) is 0 Å². The molecule has 4 aromatic carbocycles. The van der Waals surface area contributed by atoms with E-state index in [1.165, 1.54) is 43.4 Å². The average molecular weight is 284 g/mol. The summed E-state index contributed by atoms with van der Waals surface area (Å²) in [5, 5.41) is 8.32. The Morgan fingerprint density at radius 2 is 1.45 bits per heavy atom. The maximum atomic E-state index is 2.38. The van der Waals surface area contributed by atoms with Crippen LogP contribution in [0.2, 0.25) is 0 Å². The predicted octanol–water partition coefficient (Wildman–Crippen LogP) is 6.27. The lowest BCUT2D eigenvalue weighted by atomic mass is 9.89. The van der Waals surface area contributed by atoms with Gasteiger partial charge >= 0.3 is 0 Å². The number of aryl methyl sites for hydroxylation is 2. The zero-order chi connectivity index (χ0) is 15.1. The smallest absolute Gasteiger partial charge is 0.00963 e. The van der Waals surface area contributed by atoms with Gasteiger partial charge in [-0.3, -0.25) is 0 Å². The average Bonchev–Trinajstić information content (AvgIpc) is 2.59. The number of rotatable bonds is 2. The highest BCUT2D eigenvalue weighted by atomic mass is 14.1. The Morgan fingerprint density at radius 1 is 0.636 bits per heavy atom. The zero-order valence-corrected chi connectivity index (χ0v) is 13.2. The Balaban J connectivity index is 2.27. The first-order valence-corrected chi connectivity index (χ1v) is 8.18. The zero-order valence-electron chi connectivity index (χ0n) is 13.2. The number of hydrogen-bond donors (Lipinski definition) is 0. The van der Waals surface area contributed by atoms with Crippen LogP contribution >= 0.6 is 0 Å². The lowest BCUT2D eigenvalue weighted by molar-refractivity contribution is 1.13. The van der Waals surface area contributed by atoms with Gasteiger partial charge in [0.05, 0.1) is 0 Å². The van der Waals surface area contributed by atoms with Gasteiger partial charge in [0.1, 0.15) is 0 Å². The van der Waals surface area contributed by atoms with Gasteiger partial charge in [-0.2, -0.15) is 0 Å². The highest BCUT2D eigenvalue weighted by Gasteiger charge is 2.11. The third-order valence-corrected chi connectivity index (χ3v) is 4.81. The van der Waals surface area contributed by atoms with Crippen LogP contribution in [0.1, 0.15) is 25.0 Å². The molecule has 4 aromatic rings. The molecule has 0 nitrogen and oxygen atoms in total. The van der Waals surface area contributed by atoms with Crippen LogP contribution in [0.25, 0.3) is 32.3 Å². The van der Waals surface area contributed by atoms with Crippen molar-refractivity contribution >= 4 is 32.3 Å². The molecule has 4 rings (SSSR count). The summed E-state index contributed by atoms with van der Waals surface area (Å²) in [6.45, 7) is 4.52. The first-order chi connectivity index (χ1) is 10.8. The fraction of sp³-hybridized carbons (Fsp3) is 0.182. The normalized spacial score (nSPS) is 11.5. The van der Waals surface area contributed by atoms with E-state index in [9.17, 15) is 0 Å². The second kappa shape index (κ2) is 5.14. The molecule has 0 aliphatic carbocycles. The second-order valence-electron chi connectivity index (χ2n) is 5.96. The van der Waals surface area contributed by atoms with Gasteiger partial charge in [0.2, 0.25) is 0 Å². The monoisotopic (exact) mass is 284 g/mol. The summed E-state index contributed by atoms with van der Waals surface area (Å²) in [5.41, 5.74) is 2.96. The summed E-state index contributed by atoms with van der Waals surface area (Å²) >= 11 is 0. The fourth-order valence-corrected chi connectivity index (χ4v) is 3.77. The van der Waals surface area contributed by atoms with Crippen LogP contribution in [0.15, 0.2) is 60.7 Å². The predicted molar refractivity (Wildman–Crippen MR) is 97.7 cm³/mol. The van der Waals surface area contributed by atoms with E-state index in [1.807, 2.05) is 0 Å². The fourth-order valence-electron chi connectivity index (χ4n) is 3.77. The molecule has 0 radical (unpaired) electrons. The van der Waals surface area contributed by atoms with Gasteiger partial charge in [-0.25, -0.2) is 0 Å². The molecule has 0 aromatic heterocycles. The van der Waals surface area contributed by atoms with Crippen LogP contribution < -0.4 is 0 Å². The molecule has 108 valence electrons. The Morgan fingerprint density at radius 3 is 2.27 bits per heavy atom. The van der Waals surface area contributed by atoms with Gasteiger partial charge in [0.15, 0.2) is 0 Å². The van der Waals surface area contributed by atoms with Crippen LogP contribution in [-0.4, -0.2) is 0 Å². The SMILES string of the molecule is CCc1cccc2cc3c(ccc4ccccc43)c(CC)c12. The molecule has 0 atom stereocenters. The minimum Gasteiger partial charge on any atom is -0.0616 e. The van der Waals surface area contributed by atoms with Crippen molar-refractivity contribution in [3.8, 4) is 0 Å². The Labute approximate surface area is 131 Å². The number of fused-ring (bicyclic) bond motifs is 4. The van der Waals surface area contributed by atoms with E-state index in [0.29, 0.717) is 0 Å². The standard InChI is InChI=1S/C22H20/c1-3-15-9-7-10-17-14-21-19-11-6-5-8-16(19)12-13-20(21)18(4-2)22(15)17/h5-14H,3-4H2,1-2H3. The van der Waals surface area contributed by atoms with Gasteiger partial charge in [-0.15, -0.1) is 0 Å². The van der Waals surface area contributed by atoms with E-state index in [0.717, 1.165) is 12.8 Å². The van der Waals surface area contributed by atoms with Crippen molar-refractivity contribution in [3.05, 3.63) is 71.8 Å². The van der Waals surface area contributed by atoms with Gasteiger partial charge < -0.3 is 0 Å². The Kier molecular flexibility index (Phi) is 3.11. The van der Waals surface area contributed by atoms with Crippen molar-refractivity contribution in [2.45, 2.75) is 26.7 Å². The minimum absolute atomic E-state index is 1.07. The maximum absolute atomic E-state index is 2.38. The number of hydrogen-bond acceptors (Lipinski definition) is 0. The molecule has 0 amide bonds. The minimum atomic E-state index is 1.07. The van der Waals surface area contributed by atoms with Crippen LogP contribution in [0.4, 0.5) is 0 Å². The number of benzene rings is 4. The van der Waals surface area contributed by atoms with Crippen molar-refractivity contribution in [2.75, 3.05) is 0 Å². The van der Waals surface area contributed by atoms with Crippen molar-refractivity contribution in [1.29, 1.82) is 0 Å². The molecular weight excluding hydrogens is 264 g/mol. The molecule has 0 heteroatoms. The van der Waals surface area contributed by atoms with Gasteiger partial charge in [0, 0.05) is 0 Å². The third kappa shape index (κ3) is 1.84. The Hall–Kier alpha value is -2.34. The lowest BCUT2D eigenvalue weighted by Crippen LogP contribution is -1.93. The molecule has 0 aliphatic heterocycles. The summed E-state index contributed by atoms with van der Waals surface area (Å²) in [4.78, 5) is 0. The lowest BCUT2D eigenvalue weighted by Gasteiger charge is -2.15. The van der Waals surface area contributed by atoms with Gasteiger partial charge in [0.25, 0.3) is 0 Å². The van der Waals surface area contributed by atoms with E-state index >= 15 is 0 Å². The first-order valence-electron chi connectivity index (χ1n) is 8.18. The van der Waals surface area contributed by atoms with Crippen LogP contribution in [0, 0.1) is 0 Å². The summed E-state index contributed by atoms with van der Waals surface area (Å²) in [6.07, 6.45) is 2.16. The van der Waals surface area contributed by atoms with Crippen LogP contribution in [0.5, 0.6) is 0 Å². The first kappa shape index (κ1) is 13.3. The summed E-state index contributed by atoms with van der Waals surface area (Å²) in [7, 11) is 0. The molecule has 0 saturated carbocycles.